The predicted molar refractivity (Wildman–Crippen MR) is 105 cm³/mol. The van der Waals surface area contributed by atoms with E-state index < -0.39 is 10.0 Å². The first kappa shape index (κ1) is 19.8. The number of carbonyl (C=O) groups is 1. The van der Waals surface area contributed by atoms with E-state index in [1.165, 1.54) is 4.31 Å². The molecule has 1 aliphatic rings. The SMILES string of the molecule is COCCCNC(=O)[C@H]1CCCN(S(=O)(=O)c2ccc3ccccc3c2)C1. The van der Waals surface area contributed by atoms with Crippen molar-refractivity contribution < 1.29 is 17.9 Å². The minimum absolute atomic E-state index is 0.0792. The van der Waals surface area contributed by atoms with Crippen molar-refractivity contribution in [3.05, 3.63) is 42.5 Å². The molecule has 0 aromatic heterocycles. The highest BCUT2D eigenvalue weighted by Gasteiger charge is 2.33. The van der Waals surface area contributed by atoms with Crippen LogP contribution in [0.4, 0.5) is 0 Å². The van der Waals surface area contributed by atoms with Crippen molar-refractivity contribution in [3.8, 4) is 0 Å². The number of nitrogens with one attached hydrogen (secondary N) is 1. The van der Waals surface area contributed by atoms with Crippen LogP contribution < -0.4 is 5.32 Å². The molecule has 2 aromatic carbocycles. The van der Waals surface area contributed by atoms with Gasteiger partial charge in [-0.05, 0) is 42.2 Å². The van der Waals surface area contributed by atoms with Crippen LogP contribution in [-0.4, -0.2) is 52.0 Å². The van der Waals surface area contributed by atoms with Crippen LogP contribution in [0.15, 0.2) is 47.4 Å². The van der Waals surface area contributed by atoms with Crippen molar-refractivity contribution in [3.63, 3.8) is 0 Å². The third-order valence-electron chi connectivity index (χ3n) is 4.94. The number of fused-ring (bicyclic) bond motifs is 1. The Hall–Kier alpha value is -1.96. The minimum Gasteiger partial charge on any atom is -0.385 e. The maximum Gasteiger partial charge on any atom is 0.243 e. The van der Waals surface area contributed by atoms with Crippen LogP contribution in [0.1, 0.15) is 19.3 Å². The van der Waals surface area contributed by atoms with Crippen molar-refractivity contribution in [2.75, 3.05) is 33.4 Å². The standard InChI is InChI=1S/C20H26N2O4S/c1-26-13-5-11-21-20(23)18-8-4-12-22(15-18)27(24,25)19-10-9-16-6-2-3-7-17(16)14-19/h2-3,6-7,9-10,14,18H,4-5,8,11-13,15H2,1H3,(H,21,23)/t18-/m0/s1. The highest BCUT2D eigenvalue weighted by molar-refractivity contribution is 7.89. The van der Waals surface area contributed by atoms with Crippen molar-refractivity contribution in [1.29, 1.82) is 0 Å². The van der Waals surface area contributed by atoms with Crippen LogP contribution in [0, 0.1) is 5.92 Å². The molecular weight excluding hydrogens is 364 g/mol. The first-order valence-electron chi connectivity index (χ1n) is 9.28. The molecule has 0 unspecified atom stereocenters. The summed E-state index contributed by atoms with van der Waals surface area (Å²) in [5, 5.41) is 4.78. The fraction of sp³-hybridized carbons (Fsp3) is 0.450. The quantitative estimate of drug-likeness (QED) is 0.737. The second-order valence-electron chi connectivity index (χ2n) is 6.85. The van der Waals surface area contributed by atoms with Crippen LogP contribution >= 0.6 is 0 Å². The van der Waals surface area contributed by atoms with Gasteiger partial charge in [0.05, 0.1) is 10.8 Å². The number of sulfonamides is 1. The Kier molecular flexibility index (Phi) is 6.46. The van der Waals surface area contributed by atoms with Crippen LogP contribution in [0.25, 0.3) is 10.8 Å². The summed E-state index contributed by atoms with van der Waals surface area (Å²) >= 11 is 0. The highest BCUT2D eigenvalue weighted by atomic mass is 32.2. The topological polar surface area (TPSA) is 75.7 Å². The number of hydrogen-bond donors (Lipinski definition) is 1. The van der Waals surface area contributed by atoms with E-state index in [2.05, 4.69) is 5.32 Å². The van der Waals surface area contributed by atoms with E-state index >= 15 is 0 Å². The van der Waals surface area contributed by atoms with E-state index in [1.807, 2.05) is 30.3 Å². The molecule has 27 heavy (non-hydrogen) atoms. The van der Waals surface area contributed by atoms with Crippen molar-refractivity contribution in [2.45, 2.75) is 24.2 Å². The summed E-state index contributed by atoms with van der Waals surface area (Å²) in [5.41, 5.74) is 0. The lowest BCUT2D eigenvalue weighted by atomic mass is 9.99. The van der Waals surface area contributed by atoms with Gasteiger partial charge in [-0.2, -0.15) is 4.31 Å². The molecule has 0 bridgehead atoms. The van der Waals surface area contributed by atoms with Gasteiger partial charge in [-0.1, -0.05) is 30.3 Å². The normalized spacial score (nSPS) is 18.5. The molecule has 2 aromatic rings. The number of methoxy groups -OCH3 is 1. The van der Waals surface area contributed by atoms with Gasteiger partial charge in [0, 0.05) is 33.4 Å². The van der Waals surface area contributed by atoms with Gasteiger partial charge < -0.3 is 10.1 Å². The maximum atomic E-state index is 13.1. The van der Waals surface area contributed by atoms with Gasteiger partial charge in [-0.3, -0.25) is 4.79 Å². The molecule has 0 aliphatic carbocycles. The van der Waals surface area contributed by atoms with E-state index in [-0.39, 0.29) is 23.3 Å². The lowest BCUT2D eigenvalue weighted by Gasteiger charge is -2.31. The molecule has 0 saturated carbocycles. The number of rotatable bonds is 7. The summed E-state index contributed by atoms with van der Waals surface area (Å²) in [7, 11) is -1.99. The van der Waals surface area contributed by atoms with Gasteiger partial charge in [0.2, 0.25) is 15.9 Å². The van der Waals surface area contributed by atoms with Crippen molar-refractivity contribution in [2.24, 2.45) is 5.92 Å². The highest BCUT2D eigenvalue weighted by Crippen LogP contribution is 2.26. The molecule has 1 amide bonds. The van der Waals surface area contributed by atoms with Crippen LogP contribution in [0.3, 0.4) is 0 Å². The zero-order valence-electron chi connectivity index (χ0n) is 15.6. The third kappa shape index (κ3) is 4.66. The molecule has 3 rings (SSSR count). The number of hydrogen-bond acceptors (Lipinski definition) is 4. The monoisotopic (exact) mass is 390 g/mol. The Morgan fingerprint density at radius 3 is 2.78 bits per heavy atom. The lowest BCUT2D eigenvalue weighted by Crippen LogP contribution is -2.45. The Morgan fingerprint density at radius 2 is 2.00 bits per heavy atom. The van der Waals surface area contributed by atoms with Crippen LogP contribution in [0.2, 0.25) is 0 Å². The number of piperidine rings is 1. The van der Waals surface area contributed by atoms with Gasteiger partial charge >= 0.3 is 0 Å². The molecule has 1 heterocycles. The zero-order valence-corrected chi connectivity index (χ0v) is 16.4. The minimum atomic E-state index is -3.62. The van der Waals surface area contributed by atoms with Crippen LogP contribution in [0.5, 0.6) is 0 Å². The Balaban J connectivity index is 1.71. The fourth-order valence-electron chi connectivity index (χ4n) is 3.42. The zero-order chi connectivity index (χ0) is 19.3. The molecule has 1 N–H and O–H groups in total. The van der Waals surface area contributed by atoms with Crippen molar-refractivity contribution in [1.82, 2.24) is 9.62 Å². The van der Waals surface area contributed by atoms with E-state index in [9.17, 15) is 13.2 Å². The summed E-state index contributed by atoms with van der Waals surface area (Å²) in [6.07, 6.45) is 2.14. The van der Waals surface area contributed by atoms with E-state index in [0.29, 0.717) is 32.5 Å². The number of carbonyl (C=O) groups excluding carboxylic acids is 1. The Labute approximate surface area is 160 Å². The van der Waals surface area contributed by atoms with Gasteiger partial charge in [-0.25, -0.2) is 8.42 Å². The Bertz CT molecular complexity index is 898. The first-order chi connectivity index (χ1) is 13.0. The fourth-order valence-corrected chi connectivity index (χ4v) is 4.98. The summed E-state index contributed by atoms with van der Waals surface area (Å²) < 4.78 is 32.6. The molecule has 6 nitrogen and oxygen atoms in total. The number of nitrogens with zero attached hydrogens (tertiary/aromatic N) is 1. The molecule has 7 heteroatoms. The molecule has 0 spiro atoms. The number of ether oxygens (including phenoxy) is 1. The number of benzene rings is 2. The molecule has 0 radical (unpaired) electrons. The maximum absolute atomic E-state index is 13.1. The average Bonchev–Trinajstić information content (AvgIpc) is 2.70. The molecule has 1 saturated heterocycles. The second kappa shape index (κ2) is 8.82. The lowest BCUT2D eigenvalue weighted by molar-refractivity contribution is -0.126. The summed E-state index contributed by atoms with van der Waals surface area (Å²) in [5.74, 6) is -0.388. The van der Waals surface area contributed by atoms with E-state index in [1.54, 1.807) is 19.2 Å². The van der Waals surface area contributed by atoms with Gasteiger partial charge in [0.25, 0.3) is 0 Å². The largest absolute Gasteiger partial charge is 0.385 e. The predicted octanol–water partition coefficient (Wildman–Crippen LogP) is 2.39. The van der Waals surface area contributed by atoms with E-state index in [4.69, 9.17) is 4.74 Å². The smallest absolute Gasteiger partial charge is 0.243 e. The molecule has 146 valence electrons. The molecule has 1 atom stereocenters. The van der Waals surface area contributed by atoms with Crippen molar-refractivity contribution >= 4 is 26.7 Å². The molecule has 1 fully saturated rings. The first-order valence-corrected chi connectivity index (χ1v) is 10.7. The summed E-state index contributed by atoms with van der Waals surface area (Å²) in [6.45, 7) is 1.81. The molecule has 1 aliphatic heterocycles. The van der Waals surface area contributed by atoms with Crippen LogP contribution in [-0.2, 0) is 19.6 Å². The molecular formula is C20H26N2O4S. The van der Waals surface area contributed by atoms with Gasteiger partial charge in [0.15, 0.2) is 0 Å². The van der Waals surface area contributed by atoms with Gasteiger partial charge in [0.1, 0.15) is 0 Å². The van der Waals surface area contributed by atoms with E-state index in [0.717, 1.165) is 17.2 Å². The van der Waals surface area contributed by atoms with Gasteiger partial charge in [-0.15, -0.1) is 0 Å². The third-order valence-corrected chi connectivity index (χ3v) is 6.80. The summed E-state index contributed by atoms with van der Waals surface area (Å²) in [6, 6.07) is 12.9. The average molecular weight is 391 g/mol. The number of amides is 1. The Morgan fingerprint density at radius 1 is 1.22 bits per heavy atom. The summed E-state index contributed by atoms with van der Waals surface area (Å²) in [4.78, 5) is 12.7. The second-order valence-corrected chi connectivity index (χ2v) is 8.79.